The van der Waals surface area contributed by atoms with Gasteiger partial charge in [0.15, 0.2) is 11.5 Å². The van der Waals surface area contributed by atoms with E-state index in [1.165, 1.54) is 21.1 Å². The van der Waals surface area contributed by atoms with Crippen LogP contribution in [0.5, 0.6) is 11.5 Å². The number of aliphatic carboxylic acids is 1. The summed E-state index contributed by atoms with van der Waals surface area (Å²) in [6.45, 7) is 1.36. The average Bonchev–Trinajstić information content (AvgIpc) is 2.80. The summed E-state index contributed by atoms with van der Waals surface area (Å²) in [7, 11) is 3.05. The van der Waals surface area contributed by atoms with E-state index >= 15 is 0 Å². The number of rotatable bonds is 5. The zero-order valence-corrected chi connectivity index (χ0v) is 14.3. The summed E-state index contributed by atoms with van der Waals surface area (Å²) < 4.78 is 10.6. The number of carboxylic acids is 1. The zero-order valence-electron chi connectivity index (χ0n) is 12.7. The Hall–Kier alpha value is -2.06. The molecule has 1 atom stereocenters. The zero-order chi connectivity index (χ0) is 17.1. The van der Waals surface area contributed by atoms with E-state index in [9.17, 15) is 14.7 Å². The van der Waals surface area contributed by atoms with Gasteiger partial charge in [-0.25, -0.2) is 0 Å². The molecule has 1 aromatic rings. The van der Waals surface area contributed by atoms with Crippen molar-refractivity contribution in [1.29, 1.82) is 0 Å². The Labute approximate surface area is 143 Å². The number of methoxy groups -OCH3 is 2. The molecule has 0 aromatic heterocycles. The Morgan fingerprint density at radius 3 is 2.57 bits per heavy atom. The summed E-state index contributed by atoms with van der Waals surface area (Å²) in [5, 5.41) is 11.0. The lowest BCUT2D eigenvalue weighted by molar-refractivity contribution is -0.309. The van der Waals surface area contributed by atoms with E-state index < -0.39 is 17.9 Å². The van der Waals surface area contributed by atoms with Crippen LogP contribution < -0.4 is 14.6 Å². The Bertz CT molecular complexity index is 701. The van der Waals surface area contributed by atoms with Crippen LogP contribution in [0.25, 0.3) is 6.08 Å². The van der Waals surface area contributed by atoms with Gasteiger partial charge >= 0.3 is 0 Å². The van der Waals surface area contributed by atoms with Gasteiger partial charge < -0.3 is 19.4 Å². The molecule has 0 spiro atoms. The fraction of sp³-hybridized carbons (Fsp3) is 0.267. The second-order valence-corrected chi connectivity index (χ2v) is 6.34. The normalized spacial score (nSPS) is 17.5. The molecular formula is C15H14NO5S2-. The summed E-state index contributed by atoms with van der Waals surface area (Å²) in [6.07, 6.45) is 1.63. The van der Waals surface area contributed by atoms with Crippen LogP contribution in [0.1, 0.15) is 12.5 Å². The molecule has 122 valence electrons. The lowest BCUT2D eigenvalue weighted by Gasteiger charge is -2.23. The van der Waals surface area contributed by atoms with Crippen molar-refractivity contribution >= 4 is 46.3 Å². The first kappa shape index (κ1) is 17.3. The minimum Gasteiger partial charge on any atom is -0.548 e. The first-order valence-corrected chi connectivity index (χ1v) is 7.81. The van der Waals surface area contributed by atoms with Crippen molar-refractivity contribution in [2.75, 3.05) is 14.2 Å². The van der Waals surface area contributed by atoms with Crippen molar-refractivity contribution in [2.24, 2.45) is 0 Å². The summed E-state index contributed by atoms with van der Waals surface area (Å²) in [5.74, 6) is -0.706. The van der Waals surface area contributed by atoms with Gasteiger partial charge in [-0.2, -0.15) is 0 Å². The van der Waals surface area contributed by atoms with Crippen LogP contribution >= 0.6 is 24.0 Å². The maximum absolute atomic E-state index is 12.3. The minimum absolute atomic E-state index is 0.193. The van der Waals surface area contributed by atoms with Gasteiger partial charge in [0, 0.05) is 0 Å². The van der Waals surface area contributed by atoms with Crippen molar-refractivity contribution in [3.63, 3.8) is 0 Å². The molecule has 2 rings (SSSR count). The second kappa shape index (κ2) is 7.01. The van der Waals surface area contributed by atoms with E-state index in [0.717, 1.165) is 16.7 Å². The molecular weight excluding hydrogens is 338 g/mol. The van der Waals surface area contributed by atoms with Gasteiger partial charge in [0.05, 0.1) is 31.1 Å². The third-order valence-electron chi connectivity index (χ3n) is 3.26. The molecule has 1 aromatic carbocycles. The fourth-order valence-corrected chi connectivity index (χ4v) is 3.43. The van der Waals surface area contributed by atoms with Crippen LogP contribution in [0.15, 0.2) is 23.1 Å². The Balaban J connectivity index is 2.32. The number of ether oxygens (including phenoxy) is 2. The van der Waals surface area contributed by atoms with Crippen LogP contribution in [-0.4, -0.2) is 41.4 Å². The van der Waals surface area contributed by atoms with Crippen LogP contribution in [0.4, 0.5) is 0 Å². The van der Waals surface area contributed by atoms with Gasteiger partial charge in [-0.05, 0) is 30.7 Å². The number of nitrogens with zero attached hydrogens (tertiary/aromatic N) is 1. The molecule has 0 radical (unpaired) electrons. The van der Waals surface area contributed by atoms with E-state index in [1.54, 1.807) is 24.3 Å². The Morgan fingerprint density at radius 1 is 1.35 bits per heavy atom. The predicted octanol–water partition coefficient (Wildman–Crippen LogP) is 1.04. The number of hydrogen-bond donors (Lipinski definition) is 0. The Kier molecular flexibility index (Phi) is 5.27. The standard InChI is InChI=1S/C15H15NO5S2/c1-8(14(18)19)16-13(17)12(23-15(16)22)7-9-4-5-10(20-2)11(6-9)21-3/h4-8H,1-3H3,(H,18,19)/p-1/t8-/m0/s1. The predicted molar refractivity (Wildman–Crippen MR) is 89.0 cm³/mol. The van der Waals surface area contributed by atoms with E-state index in [-0.39, 0.29) is 4.32 Å². The molecule has 0 bridgehead atoms. The van der Waals surface area contributed by atoms with Crippen LogP contribution in [0.2, 0.25) is 0 Å². The molecule has 8 heteroatoms. The molecule has 0 aliphatic carbocycles. The van der Waals surface area contributed by atoms with Gasteiger partial charge in [-0.1, -0.05) is 30.0 Å². The number of thioether (sulfide) groups is 1. The van der Waals surface area contributed by atoms with E-state index in [2.05, 4.69) is 0 Å². The topological polar surface area (TPSA) is 78.9 Å². The lowest BCUT2D eigenvalue weighted by atomic mass is 10.1. The van der Waals surface area contributed by atoms with Gasteiger partial charge in [0.25, 0.3) is 5.91 Å². The largest absolute Gasteiger partial charge is 0.548 e. The van der Waals surface area contributed by atoms with Crippen LogP contribution in [0.3, 0.4) is 0 Å². The third-order valence-corrected chi connectivity index (χ3v) is 4.59. The number of amides is 1. The van der Waals surface area contributed by atoms with Gasteiger partial charge in [0.1, 0.15) is 4.32 Å². The summed E-state index contributed by atoms with van der Waals surface area (Å²) in [5.41, 5.74) is 0.712. The van der Waals surface area contributed by atoms with Crippen molar-refractivity contribution < 1.29 is 24.2 Å². The number of hydrogen-bond acceptors (Lipinski definition) is 7. The number of benzene rings is 1. The quantitative estimate of drug-likeness (QED) is 0.579. The number of carboxylic acid groups (broad SMARTS) is 1. The molecule has 1 fully saturated rings. The maximum Gasteiger partial charge on any atom is 0.266 e. The molecule has 23 heavy (non-hydrogen) atoms. The third kappa shape index (κ3) is 3.48. The number of carbonyl (C=O) groups excluding carboxylic acids is 2. The molecule has 1 heterocycles. The highest BCUT2D eigenvalue weighted by Gasteiger charge is 2.35. The highest BCUT2D eigenvalue weighted by atomic mass is 32.2. The SMILES string of the molecule is COc1ccc(C=C2SC(=S)N([C@@H](C)C(=O)[O-])C2=O)cc1OC. The first-order valence-electron chi connectivity index (χ1n) is 6.59. The van der Waals surface area contributed by atoms with E-state index in [4.69, 9.17) is 21.7 Å². The molecule has 1 saturated heterocycles. The van der Waals surface area contributed by atoms with Crippen molar-refractivity contribution in [2.45, 2.75) is 13.0 Å². The molecule has 0 saturated carbocycles. The average molecular weight is 352 g/mol. The Morgan fingerprint density at radius 2 is 2.00 bits per heavy atom. The monoisotopic (exact) mass is 352 g/mol. The van der Waals surface area contributed by atoms with Crippen molar-refractivity contribution in [3.8, 4) is 11.5 Å². The highest BCUT2D eigenvalue weighted by molar-refractivity contribution is 8.26. The minimum atomic E-state index is -1.35. The molecule has 1 aliphatic heterocycles. The lowest BCUT2D eigenvalue weighted by Crippen LogP contribution is -2.48. The summed E-state index contributed by atoms with van der Waals surface area (Å²) in [6, 6.07) is 4.08. The van der Waals surface area contributed by atoms with Gasteiger partial charge in [-0.3, -0.25) is 9.69 Å². The van der Waals surface area contributed by atoms with Crippen LogP contribution in [0, 0.1) is 0 Å². The maximum atomic E-state index is 12.3. The summed E-state index contributed by atoms with van der Waals surface area (Å²) >= 11 is 6.14. The van der Waals surface area contributed by atoms with E-state index in [0.29, 0.717) is 22.0 Å². The number of carbonyl (C=O) groups is 2. The second-order valence-electron chi connectivity index (χ2n) is 4.66. The molecule has 0 unspecified atom stereocenters. The van der Waals surface area contributed by atoms with Crippen LogP contribution in [-0.2, 0) is 9.59 Å². The smallest absolute Gasteiger partial charge is 0.266 e. The van der Waals surface area contributed by atoms with E-state index in [1.807, 2.05) is 0 Å². The van der Waals surface area contributed by atoms with Gasteiger partial charge in [-0.15, -0.1) is 0 Å². The van der Waals surface area contributed by atoms with Gasteiger partial charge in [0.2, 0.25) is 0 Å². The first-order chi connectivity index (χ1) is 10.9. The summed E-state index contributed by atoms with van der Waals surface area (Å²) in [4.78, 5) is 24.7. The van der Waals surface area contributed by atoms with Crippen molar-refractivity contribution in [3.05, 3.63) is 28.7 Å². The molecule has 0 N–H and O–H groups in total. The molecule has 1 aliphatic rings. The van der Waals surface area contributed by atoms with Crippen molar-refractivity contribution in [1.82, 2.24) is 4.90 Å². The highest BCUT2D eigenvalue weighted by Crippen LogP contribution is 2.35. The molecule has 6 nitrogen and oxygen atoms in total. The fourth-order valence-electron chi connectivity index (χ4n) is 2.01. The number of thiocarbonyl (C=S) groups is 1. The molecule has 1 amide bonds.